The zero-order valence-electron chi connectivity index (χ0n) is 19.4. The number of nitrogen functional groups attached to an aromatic ring is 1. The van der Waals surface area contributed by atoms with Gasteiger partial charge in [0, 0.05) is 23.7 Å². The highest BCUT2D eigenvalue weighted by Gasteiger charge is 2.28. The molecule has 0 saturated heterocycles. The van der Waals surface area contributed by atoms with Crippen molar-refractivity contribution in [1.29, 1.82) is 5.41 Å². The molecule has 3 aromatic rings. The predicted molar refractivity (Wildman–Crippen MR) is 133 cm³/mol. The van der Waals surface area contributed by atoms with Gasteiger partial charge in [0.15, 0.2) is 0 Å². The van der Waals surface area contributed by atoms with Crippen LogP contribution in [0.2, 0.25) is 0 Å². The molecule has 6 N–H and O–H groups in total. The molecule has 3 rings (SSSR count). The lowest BCUT2D eigenvalue weighted by atomic mass is 9.92. The number of methoxy groups -OCH3 is 1. The standard InChI is InChI=1S/C27H30N4O3/c1-17(24(27(33)34-2)15-18-5-3-8-23(13-18)25(29)30)31-26(32)21-11-9-20(10-12-21)22-7-4-6-19(14-22)16-28/h3-14,17,24H,15-16,28H2,1-2H3,(H3,29,30)(H,31,32). The maximum absolute atomic E-state index is 12.9. The summed E-state index contributed by atoms with van der Waals surface area (Å²) in [6.07, 6.45) is 0.339. The normalized spacial score (nSPS) is 12.4. The molecule has 0 saturated carbocycles. The quantitative estimate of drug-likeness (QED) is 0.222. The number of hydrogen-bond donors (Lipinski definition) is 4. The zero-order chi connectivity index (χ0) is 24.7. The summed E-state index contributed by atoms with van der Waals surface area (Å²) in [4.78, 5) is 25.4. The summed E-state index contributed by atoms with van der Waals surface area (Å²) in [5.41, 5.74) is 16.3. The first-order chi connectivity index (χ1) is 16.3. The molecule has 3 aromatic carbocycles. The predicted octanol–water partition coefficient (Wildman–Crippen LogP) is 3.25. The van der Waals surface area contributed by atoms with Gasteiger partial charge in [-0.1, -0.05) is 48.5 Å². The smallest absolute Gasteiger partial charge is 0.311 e. The van der Waals surface area contributed by atoms with Gasteiger partial charge < -0.3 is 21.5 Å². The SMILES string of the molecule is COC(=O)C(Cc1cccc(C(=N)N)c1)C(C)NC(=O)c1ccc(-c2cccc(CN)c2)cc1. The third-order valence-electron chi connectivity index (χ3n) is 5.80. The first-order valence-electron chi connectivity index (χ1n) is 11.0. The van der Waals surface area contributed by atoms with Crippen molar-refractivity contribution in [2.45, 2.75) is 25.9 Å². The summed E-state index contributed by atoms with van der Waals surface area (Å²) >= 11 is 0. The van der Waals surface area contributed by atoms with Crippen LogP contribution in [0.1, 0.15) is 34.0 Å². The van der Waals surface area contributed by atoms with Crippen molar-refractivity contribution in [3.8, 4) is 11.1 Å². The van der Waals surface area contributed by atoms with Crippen LogP contribution in [-0.4, -0.2) is 30.9 Å². The van der Waals surface area contributed by atoms with E-state index in [1.165, 1.54) is 7.11 Å². The van der Waals surface area contributed by atoms with Crippen molar-refractivity contribution >= 4 is 17.7 Å². The van der Waals surface area contributed by atoms with Crippen molar-refractivity contribution in [3.63, 3.8) is 0 Å². The molecule has 0 heterocycles. The summed E-state index contributed by atoms with van der Waals surface area (Å²) in [5.74, 6) is -1.34. The van der Waals surface area contributed by atoms with Gasteiger partial charge in [0.2, 0.25) is 0 Å². The molecule has 0 bridgehead atoms. The first-order valence-corrected chi connectivity index (χ1v) is 11.0. The number of benzene rings is 3. The minimum absolute atomic E-state index is 0.0454. The second-order valence-electron chi connectivity index (χ2n) is 8.19. The molecule has 0 aliphatic heterocycles. The second-order valence-corrected chi connectivity index (χ2v) is 8.19. The molecular formula is C27H30N4O3. The van der Waals surface area contributed by atoms with E-state index in [4.69, 9.17) is 21.6 Å². The molecule has 34 heavy (non-hydrogen) atoms. The van der Waals surface area contributed by atoms with E-state index in [2.05, 4.69) is 5.32 Å². The van der Waals surface area contributed by atoms with Crippen molar-refractivity contribution in [2.24, 2.45) is 17.4 Å². The van der Waals surface area contributed by atoms with Gasteiger partial charge in [0.25, 0.3) is 5.91 Å². The molecule has 0 aliphatic rings. The average Bonchev–Trinajstić information content (AvgIpc) is 2.87. The number of hydrogen-bond acceptors (Lipinski definition) is 5. The highest BCUT2D eigenvalue weighted by Crippen LogP contribution is 2.22. The van der Waals surface area contributed by atoms with E-state index in [9.17, 15) is 9.59 Å². The molecule has 176 valence electrons. The van der Waals surface area contributed by atoms with Crippen molar-refractivity contribution in [3.05, 3.63) is 95.1 Å². The first kappa shape index (κ1) is 24.7. The third kappa shape index (κ3) is 6.08. The summed E-state index contributed by atoms with van der Waals surface area (Å²) in [5, 5.41) is 10.5. The molecule has 0 aliphatic carbocycles. The Morgan fingerprint density at radius 2 is 1.62 bits per heavy atom. The molecular weight excluding hydrogens is 428 g/mol. The molecule has 1 amide bonds. The maximum Gasteiger partial charge on any atom is 0.311 e. The van der Waals surface area contributed by atoms with E-state index in [0.717, 1.165) is 22.3 Å². The largest absolute Gasteiger partial charge is 0.469 e. The van der Waals surface area contributed by atoms with E-state index in [-0.39, 0.29) is 11.7 Å². The van der Waals surface area contributed by atoms with Crippen LogP contribution in [-0.2, 0) is 22.5 Å². The van der Waals surface area contributed by atoms with Crippen LogP contribution in [0.5, 0.6) is 0 Å². The minimum atomic E-state index is -0.602. The number of carbonyl (C=O) groups excluding carboxylic acids is 2. The van der Waals surface area contributed by atoms with E-state index >= 15 is 0 Å². The molecule has 0 radical (unpaired) electrons. The van der Waals surface area contributed by atoms with Crippen LogP contribution in [0, 0.1) is 11.3 Å². The summed E-state index contributed by atoms with van der Waals surface area (Å²) in [6, 6.07) is 21.9. The Bertz CT molecular complexity index is 1170. The number of amidine groups is 1. The summed E-state index contributed by atoms with van der Waals surface area (Å²) < 4.78 is 4.99. The highest BCUT2D eigenvalue weighted by atomic mass is 16.5. The molecule has 2 unspecified atom stereocenters. The van der Waals surface area contributed by atoms with Crippen LogP contribution in [0.3, 0.4) is 0 Å². The fraction of sp³-hybridized carbons (Fsp3) is 0.222. The van der Waals surface area contributed by atoms with Gasteiger partial charge in [-0.2, -0.15) is 0 Å². The lowest BCUT2D eigenvalue weighted by Gasteiger charge is -2.23. The Kier molecular flexibility index (Phi) is 8.16. The number of esters is 1. The van der Waals surface area contributed by atoms with Crippen LogP contribution >= 0.6 is 0 Å². The lowest BCUT2D eigenvalue weighted by Crippen LogP contribution is -2.42. The Morgan fingerprint density at radius 3 is 2.26 bits per heavy atom. The van der Waals surface area contributed by atoms with Crippen LogP contribution in [0.15, 0.2) is 72.8 Å². The van der Waals surface area contributed by atoms with Gasteiger partial charge in [-0.3, -0.25) is 15.0 Å². The number of carbonyl (C=O) groups is 2. The van der Waals surface area contributed by atoms with E-state index in [1.54, 1.807) is 37.3 Å². The molecule has 7 nitrogen and oxygen atoms in total. The van der Waals surface area contributed by atoms with Gasteiger partial charge in [0.1, 0.15) is 5.84 Å². The van der Waals surface area contributed by atoms with Gasteiger partial charge in [-0.15, -0.1) is 0 Å². The lowest BCUT2D eigenvalue weighted by molar-refractivity contribution is -0.146. The topological polar surface area (TPSA) is 131 Å². The molecule has 2 atom stereocenters. The molecule has 0 spiro atoms. The number of nitrogens with one attached hydrogen (secondary N) is 2. The van der Waals surface area contributed by atoms with E-state index in [0.29, 0.717) is 24.1 Å². The monoisotopic (exact) mass is 458 g/mol. The maximum atomic E-state index is 12.9. The highest BCUT2D eigenvalue weighted by molar-refractivity contribution is 5.95. The number of nitrogens with two attached hydrogens (primary N) is 2. The van der Waals surface area contributed by atoms with Crippen LogP contribution in [0.4, 0.5) is 0 Å². The van der Waals surface area contributed by atoms with Crippen molar-refractivity contribution in [2.75, 3.05) is 7.11 Å². The number of ether oxygens (including phenoxy) is 1. The molecule has 7 heteroatoms. The zero-order valence-corrected chi connectivity index (χ0v) is 19.4. The Morgan fingerprint density at radius 1 is 0.941 bits per heavy atom. The van der Waals surface area contributed by atoms with E-state index in [1.807, 2.05) is 42.5 Å². The van der Waals surface area contributed by atoms with E-state index < -0.39 is 17.9 Å². The van der Waals surface area contributed by atoms with Gasteiger partial charge in [0.05, 0.1) is 13.0 Å². The Hall–Kier alpha value is -3.97. The van der Waals surface area contributed by atoms with Crippen molar-refractivity contribution < 1.29 is 14.3 Å². The number of rotatable bonds is 9. The minimum Gasteiger partial charge on any atom is -0.469 e. The second kappa shape index (κ2) is 11.2. The van der Waals surface area contributed by atoms with Crippen molar-refractivity contribution in [1.82, 2.24) is 5.32 Å². The Labute approximate surface area is 199 Å². The van der Waals surface area contributed by atoms with Crippen LogP contribution in [0.25, 0.3) is 11.1 Å². The summed E-state index contributed by atoms with van der Waals surface area (Å²) in [6.45, 7) is 2.24. The number of amides is 1. The van der Waals surface area contributed by atoms with Gasteiger partial charge in [-0.25, -0.2) is 0 Å². The molecule has 0 aromatic heterocycles. The Balaban J connectivity index is 1.73. The van der Waals surface area contributed by atoms with Gasteiger partial charge >= 0.3 is 5.97 Å². The summed E-state index contributed by atoms with van der Waals surface area (Å²) in [7, 11) is 1.33. The van der Waals surface area contributed by atoms with Gasteiger partial charge in [-0.05, 0) is 59.9 Å². The van der Waals surface area contributed by atoms with Crippen LogP contribution < -0.4 is 16.8 Å². The fourth-order valence-corrected chi connectivity index (χ4v) is 3.82. The molecule has 0 fully saturated rings. The fourth-order valence-electron chi connectivity index (χ4n) is 3.82. The third-order valence-corrected chi connectivity index (χ3v) is 5.80. The average molecular weight is 459 g/mol.